The molecule has 0 radical (unpaired) electrons. The van der Waals surface area contributed by atoms with Crippen molar-refractivity contribution in [2.75, 3.05) is 13.7 Å². The molecule has 1 aromatic heterocycles. The Labute approximate surface area is 189 Å². The average Bonchev–Trinajstić information content (AvgIpc) is 3.26. The Kier molecular flexibility index (Phi) is 9.34. The predicted molar refractivity (Wildman–Crippen MR) is 116 cm³/mol. The van der Waals surface area contributed by atoms with Crippen LogP contribution in [-0.4, -0.2) is 36.5 Å². The molecule has 1 amide bonds. The highest BCUT2D eigenvalue weighted by Crippen LogP contribution is 2.44. The van der Waals surface area contributed by atoms with E-state index in [4.69, 9.17) is 18.2 Å². The van der Waals surface area contributed by atoms with Crippen molar-refractivity contribution in [3.8, 4) is 5.75 Å². The molecule has 33 heavy (non-hydrogen) atoms. The van der Waals surface area contributed by atoms with Crippen LogP contribution >= 0.6 is 7.75 Å². The number of carbonyl (C=O) groups excluding carboxylic acids is 2. The van der Waals surface area contributed by atoms with Crippen LogP contribution in [0.1, 0.15) is 18.2 Å². The molecule has 2 rings (SSSR count). The number of esters is 1. The molecule has 2 atom stereocenters. The van der Waals surface area contributed by atoms with E-state index in [2.05, 4.69) is 17.0 Å². The zero-order chi connectivity index (χ0) is 24.4. The number of nitrogens with one attached hydrogen (secondary N) is 2. The molecule has 1 aromatic carbocycles. The number of rotatable bonds is 13. The van der Waals surface area contributed by atoms with E-state index in [1.165, 1.54) is 38.2 Å². The second-order valence-corrected chi connectivity index (χ2v) is 8.49. The number of amides is 1. The molecule has 178 valence electrons. The summed E-state index contributed by atoms with van der Waals surface area (Å²) in [5.74, 6) is -1.15. The lowest BCUT2D eigenvalue weighted by molar-refractivity contribution is -0.402. The van der Waals surface area contributed by atoms with Crippen molar-refractivity contribution in [2.45, 2.75) is 26.0 Å². The topological polar surface area (TPSA) is 159 Å². The van der Waals surface area contributed by atoms with Gasteiger partial charge in [0.1, 0.15) is 35.7 Å². The van der Waals surface area contributed by atoms with E-state index in [0.29, 0.717) is 5.56 Å². The molecule has 2 unspecified atom stereocenters. The van der Waals surface area contributed by atoms with Crippen molar-refractivity contribution in [1.82, 2.24) is 10.4 Å². The number of nitrogens with zero attached hydrogens (tertiary/aromatic N) is 1. The highest BCUT2D eigenvalue weighted by atomic mass is 31.2. The molecule has 0 spiro atoms. The Morgan fingerprint density at radius 1 is 1.27 bits per heavy atom. The van der Waals surface area contributed by atoms with E-state index in [0.717, 1.165) is 6.07 Å². The number of furan rings is 1. The Balaban J connectivity index is 2.01. The van der Waals surface area contributed by atoms with E-state index in [-0.39, 0.29) is 37.1 Å². The minimum Gasteiger partial charge on any atom is -0.460 e. The molecule has 0 saturated carbocycles. The van der Waals surface area contributed by atoms with Crippen LogP contribution in [0.5, 0.6) is 5.75 Å². The minimum atomic E-state index is -3.81. The Morgan fingerprint density at radius 3 is 2.52 bits per heavy atom. The molecule has 2 N–H and O–H groups in total. The summed E-state index contributed by atoms with van der Waals surface area (Å²) in [5.41, 5.74) is 0.680. The van der Waals surface area contributed by atoms with E-state index in [1.54, 1.807) is 12.1 Å². The van der Waals surface area contributed by atoms with Crippen LogP contribution in [0, 0.1) is 10.1 Å². The maximum Gasteiger partial charge on any atom is 0.458 e. The molecule has 0 aliphatic rings. The van der Waals surface area contributed by atoms with Gasteiger partial charge in [-0.15, -0.1) is 0 Å². The summed E-state index contributed by atoms with van der Waals surface area (Å²) in [7, 11) is -2.44. The van der Waals surface area contributed by atoms with Gasteiger partial charge in [0, 0.05) is 13.3 Å². The monoisotopic (exact) mass is 481 g/mol. The summed E-state index contributed by atoms with van der Waals surface area (Å²) in [5, 5.41) is 15.7. The summed E-state index contributed by atoms with van der Waals surface area (Å²) in [4.78, 5) is 33.5. The molecule has 0 fully saturated rings. The Bertz CT molecular complexity index is 1040. The van der Waals surface area contributed by atoms with Crippen LogP contribution in [0.2, 0.25) is 0 Å². The number of hydrogen-bond acceptors (Lipinski definition) is 9. The second-order valence-electron chi connectivity index (χ2n) is 6.60. The fourth-order valence-corrected chi connectivity index (χ4v) is 3.54. The van der Waals surface area contributed by atoms with Crippen LogP contribution in [0.3, 0.4) is 0 Å². The maximum absolute atomic E-state index is 12.8. The molecule has 1 heterocycles. The second kappa shape index (κ2) is 12.0. The van der Waals surface area contributed by atoms with E-state index >= 15 is 0 Å². The third-order valence-electron chi connectivity index (χ3n) is 4.07. The number of ether oxygens (including phenoxy) is 1. The van der Waals surface area contributed by atoms with Crippen molar-refractivity contribution in [2.24, 2.45) is 0 Å². The molecule has 13 heteroatoms. The maximum atomic E-state index is 12.8. The average molecular weight is 481 g/mol. The molecular formula is C20H24N3O9P. The number of nitro groups is 1. The highest BCUT2D eigenvalue weighted by Gasteiger charge is 2.26. The number of carbonyl (C=O) groups is 2. The summed E-state index contributed by atoms with van der Waals surface area (Å²) >= 11 is 0. The molecule has 0 saturated heterocycles. The van der Waals surface area contributed by atoms with Crippen molar-refractivity contribution in [3.05, 3.63) is 70.5 Å². The molecule has 0 aliphatic carbocycles. The normalized spacial score (nSPS) is 13.4. The van der Waals surface area contributed by atoms with Gasteiger partial charge in [0.05, 0.1) is 6.07 Å². The molecule has 0 bridgehead atoms. The van der Waals surface area contributed by atoms with Gasteiger partial charge in [-0.3, -0.25) is 19.4 Å². The zero-order valence-corrected chi connectivity index (χ0v) is 18.9. The smallest absolute Gasteiger partial charge is 0.458 e. The van der Waals surface area contributed by atoms with Crippen molar-refractivity contribution in [1.29, 1.82) is 0 Å². The van der Waals surface area contributed by atoms with Gasteiger partial charge in [-0.25, -0.2) is 14.4 Å². The molecule has 12 nitrogen and oxygen atoms in total. The SMILES string of the molecule is C=CCOC(=O)C(Cc1ccc(OP(=O)(NC)OCc2ccc([N+](=O)[O-])o2)cc1)NC(C)=O. The van der Waals surface area contributed by atoms with Crippen LogP contribution in [0.4, 0.5) is 5.88 Å². The lowest BCUT2D eigenvalue weighted by Crippen LogP contribution is -2.42. The molecule has 2 aromatic rings. The lowest BCUT2D eigenvalue weighted by Gasteiger charge is -2.18. The van der Waals surface area contributed by atoms with Gasteiger partial charge >= 0.3 is 19.6 Å². The number of benzene rings is 1. The fourth-order valence-electron chi connectivity index (χ4n) is 2.57. The van der Waals surface area contributed by atoms with Gasteiger partial charge < -0.3 is 19.0 Å². The summed E-state index contributed by atoms with van der Waals surface area (Å²) in [6.07, 6.45) is 1.58. The Hall–Kier alpha value is -3.47. The minimum absolute atomic E-state index is 0.0202. The first-order valence-electron chi connectivity index (χ1n) is 9.65. The van der Waals surface area contributed by atoms with Crippen LogP contribution < -0.4 is 14.9 Å². The van der Waals surface area contributed by atoms with Gasteiger partial charge in [-0.2, -0.15) is 0 Å². The first kappa shape index (κ1) is 25.8. The first-order chi connectivity index (χ1) is 15.7. The number of hydrogen-bond donors (Lipinski definition) is 2. The first-order valence-corrected chi connectivity index (χ1v) is 11.2. The van der Waals surface area contributed by atoms with Gasteiger partial charge in [0.15, 0.2) is 0 Å². The van der Waals surface area contributed by atoms with Gasteiger partial charge in [0.2, 0.25) is 5.91 Å². The van der Waals surface area contributed by atoms with Crippen molar-refractivity contribution < 1.29 is 37.3 Å². The van der Waals surface area contributed by atoms with Gasteiger partial charge in [-0.1, -0.05) is 24.8 Å². The lowest BCUT2D eigenvalue weighted by atomic mass is 10.1. The standard InChI is InChI=1S/C20H24N3O9P/c1-4-11-29-20(25)18(22-14(2)24)12-15-5-7-16(8-6-15)32-33(28,21-3)30-13-17-9-10-19(31-17)23(26)27/h4-10,18H,1,11-13H2,2-3H3,(H,21,28)(H,22,24). The Morgan fingerprint density at radius 2 is 1.97 bits per heavy atom. The largest absolute Gasteiger partial charge is 0.460 e. The third kappa shape index (κ3) is 8.19. The molecular weight excluding hydrogens is 457 g/mol. The predicted octanol–water partition coefficient (Wildman–Crippen LogP) is 2.89. The van der Waals surface area contributed by atoms with Gasteiger partial charge in [0.25, 0.3) is 0 Å². The van der Waals surface area contributed by atoms with Crippen molar-refractivity contribution >= 4 is 25.5 Å². The van der Waals surface area contributed by atoms with Crippen molar-refractivity contribution in [3.63, 3.8) is 0 Å². The summed E-state index contributed by atoms with van der Waals surface area (Å²) in [6, 6.07) is 7.88. The molecule has 0 aliphatic heterocycles. The third-order valence-corrected chi connectivity index (χ3v) is 5.54. The fraction of sp³-hybridized carbons (Fsp3) is 0.300. The summed E-state index contributed by atoms with van der Waals surface area (Å²) < 4.78 is 33.4. The van der Waals surface area contributed by atoms with Crippen LogP contribution in [0.25, 0.3) is 0 Å². The van der Waals surface area contributed by atoms with Crippen LogP contribution in [0.15, 0.2) is 53.5 Å². The van der Waals surface area contributed by atoms with Crippen LogP contribution in [-0.2, 0) is 36.4 Å². The van der Waals surface area contributed by atoms with E-state index in [9.17, 15) is 24.3 Å². The summed E-state index contributed by atoms with van der Waals surface area (Å²) in [6.45, 7) is 4.46. The quantitative estimate of drug-likeness (QED) is 0.143. The van der Waals surface area contributed by atoms with E-state index in [1.807, 2.05) is 0 Å². The zero-order valence-electron chi connectivity index (χ0n) is 18.0. The van der Waals surface area contributed by atoms with E-state index < -0.39 is 30.6 Å². The highest BCUT2D eigenvalue weighted by molar-refractivity contribution is 7.52. The van der Waals surface area contributed by atoms with Gasteiger partial charge in [-0.05, 0) is 30.8 Å².